The molecule has 2 aromatic carbocycles. The van der Waals surface area contributed by atoms with E-state index in [0.29, 0.717) is 17.0 Å². The van der Waals surface area contributed by atoms with Crippen LogP contribution in [-0.4, -0.2) is 48.1 Å². The molecule has 2 heterocycles. The molecule has 0 radical (unpaired) electrons. The Morgan fingerprint density at radius 3 is 2.31 bits per heavy atom. The lowest BCUT2D eigenvalue weighted by Crippen LogP contribution is -2.48. The van der Waals surface area contributed by atoms with E-state index in [1.54, 1.807) is 0 Å². The number of nitrogens with zero attached hydrogens (tertiary/aromatic N) is 5. The van der Waals surface area contributed by atoms with Gasteiger partial charge in [-0.3, -0.25) is 4.79 Å². The van der Waals surface area contributed by atoms with Crippen LogP contribution in [0.25, 0.3) is 11.0 Å². The fraction of sp³-hybridized carbons (Fsp3) is 0.448. The van der Waals surface area contributed by atoms with Crippen molar-refractivity contribution >= 4 is 28.4 Å². The van der Waals surface area contributed by atoms with Crippen LogP contribution >= 0.6 is 0 Å². The van der Waals surface area contributed by atoms with Gasteiger partial charge >= 0.3 is 0 Å². The van der Waals surface area contributed by atoms with Gasteiger partial charge in [0.05, 0.1) is 17.1 Å². The number of hydrogen-bond donors (Lipinski definition) is 1. The van der Waals surface area contributed by atoms with Gasteiger partial charge in [0.15, 0.2) is 11.7 Å². The Bertz CT molecular complexity index is 1280. The summed E-state index contributed by atoms with van der Waals surface area (Å²) < 4.78 is 0. The fourth-order valence-electron chi connectivity index (χ4n) is 5.44. The lowest BCUT2D eigenvalue weighted by atomic mass is 9.94. The van der Waals surface area contributed by atoms with Crippen LogP contribution in [-0.2, 0) is 4.79 Å². The average Bonchev–Trinajstić information content (AvgIpc) is 2.91. The molecule has 1 aliphatic carbocycles. The van der Waals surface area contributed by atoms with Crippen molar-refractivity contribution in [2.24, 2.45) is 0 Å². The van der Waals surface area contributed by atoms with Crippen LogP contribution < -0.4 is 15.1 Å². The smallest absolute Gasteiger partial charge is 0.243 e. The Labute approximate surface area is 213 Å². The van der Waals surface area contributed by atoms with Gasteiger partial charge < -0.3 is 15.1 Å². The molecular weight excluding hydrogens is 448 g/mol. The molecule has 2 fully saturated rings. The number of piperazine rings is 1. The highest BCUT2D eigenvalue weighted by Gasteiger charge is 2.31. The number of aromatic nitrogens is 2. The minimum absolute atomic E-state index is 0.139. The van der Waals surface area contributed by atoms with Crippen molar-refractivity contribution in [3.63, 3.8) is 0 Å². The standard InChI is InChI=1S/C29H34N6O/c1-20-9-8-14-26(21(20)2)34-15-17-35(18-16-34)28-27(32-24-12-6-7-13-25(24)33-28)23(19-30)29(36)31-22-10-4-3-5-11-22/h6-9,12-14,22-23H,3-5,10-11,15-18H2,1-2H3,(H,31,36). The highest BCUT2D eigenvalue weighted by atomic mass is 16.2. The third-order valence-corrected chi connectivity index (χ3v) is 7.69. The van der Waals surface area contributed by atoms with Crippen LogP contribution in [0.15, 0.2) is 42.5 Å². The van der Waals surface area contributed by atoms with Gasteiger partial charge in [-0.1, -0.05) is 43.5 Å². The molecule has 1 aliphatic heterocycles. The third kappa shape index (κ3) is 4.86. The van der Waals surface area contributed by atoms with Crippen molar-refractivity contribution in [1.82, 2.24) is 15.3 Å². The molecule has 3 aromatic rings. The summed E-state index contributed by atoms with van der Waals surface area (Å²) in [6.07, 6.45) is 5.39. The Morgan fingerprint density at radius 2 is 1.61 bits per heavy atom. The maximum atomic E-state index is 13.3. The summed E-state index contributed by atoms with van der Waals surface area (Å²) in [4.78, 5) is 27.7. The van der Waals surface area contributed by atoms with E-state index in [2.05, 4.69) is 53.2 Å². The van der Waals surface area contributed by atoms with Gasteiger partial charge in [-0.15, -0.1) is 0 Å². The first-order valence-electron chi connectivity index (χ1n) is 13.1. The number of nitriles is 1. The molecule has 0 spiro atoms. The van der Waals surface area contributed by atoms with E-state index in [1.807, 2.05) is 24.3 Å². The minimum Gasteiger partial charge on any atom is -0.368 e. The summed E-state index contributed by atoms with van der Waals surface area (Å²) in [5.41, 5.74) is 5.80. The van der Waals surface area contributed by atoms with Crippen LogP contribution in [0.2, 0.25) is 0 Å². The molecule has 1 saturated heterocycles. The molecule has 1 amide bonds. The SMILES string of the molecule is Cc1cccc(N2CCN(c3nc4ccccc4nc3C(C#N)C(=O)NC3CCCCC3)CC2)c1C. The quantitative estimate of drug-likeness (QED) is 0.571. The molecule has 1 aromatic heterocycles. The van der Waals surface area contributed by atoms with Crippen LogP contribution in [0.5, 0.6) is 0 Å². The first-order valence-corrected chi connectivity index (χ1v) is 13.1. The Kier molecular flexibility index (Phi) is 7.04. The van der Waals surface area contributed by atoms with Gasteiger partial charge in [0, 0.05) is 37.9 Å². The summed E-state index contributed by atoms with van der Waals surface area (Å²) in [6, 6.07) is 16.5. The molecule has 0 bridgehead atoms. The van der Waals surface area contributed by atoms with Crippen molar-refractivity contribution in [2.75, 3.05) is 36.0 Å². The molecule has 1 saturated carbocycles. The zero-order chi connectivity index (χ0) is 25.1. The van der Waals surface area contributed by atoms with E-state index in [-0.39, 0.29) is 11.9 Å². The predicted molar refractivity (Wildman–Crippen MR) is 143 cm³/mol. The van der Waals surface area contributed by atoms with Crippen molar-refractivity contribution in [1.29, 1.82) is 5.26 Å². The van der Waals surface area contributed by atoms with Crippen molar-refractivity contribution in [2.45, 2.75) is 57.9 Å². The van der Waals surface area contributed by atoms with E-state index in [4.69, 9.17) is 9.97 Å². The normalized spacial score (nSPS) is 17.6. The molecule has 1 N–H and O–H groups in total. The molecule has 186 valence electrons. The number of rotatable bonds is 5. The van der Waals surface area contributed by atoms with Crippen molar-refractivity contribution in [3.8, 4) is 6.07 Å². The molecule has 5 rings (SSSR count). The van der Waals surface area contributed by atoms with E-state index >= 15 is 0 Å². The Hall–Kier alpha value is -3.66. The summed E-state index contributed by atoms with van der Waals surface area (Å²) >= 11 is 0. The highest BCUT2D eigenvalue weighted by Crippen LogP contribution is 2.30. The maximum absolute atomic E-state index is 13.3. The number of carbonyl (C=O) groups excluding carboxylic acids is 1. The van der Waals surface area contributed by atoms with Gasteiger partial charge in [-0.05, 0) is 56.0 Å². The van der Waals surface area contributed by atoms with Gasteiger partial charge in [-0.2, -0.15) is 5.26 Å². The fourth-order valence-corrected chi connectivity index (χ4v) is 5.44. The molecule has 7 heteroatoms. The van der Waals surface area contributed by atoms with E-state index < -0.39 is 5.92 Å². The minimum atomic E-state index is -0.990. The lowest BCUT2D eigenvalue weighted by Gasteiger charge is -2.38. The van der Waals surface area contributed by atoms with E-state index in [9.17, 15) is 10.1 Å². The first-order chi connectivity index (χ1) is 17.5. The number of aryl methyl sites for hydroxylation is 1. The topological polar surface area (TPSA) is 85.2 Å². The highest BCUT2D eigenvalue weighted by molar-refractivity contribution is 5.89. The number of amides is 1. The number of anilines is 2. The second-order valence-electron chi connectivity index (χ2n) is 10.0. The van der Waals surface area contributed by atoms with Crippen LogP contribution in [0.1, 0.15) is 54.8 Å². The van der Waals surface area contributed by atoms with Gasteiger partial charge in [0.25, 0.3) is 0 Å². The van der Waals surface area contributed by atoms with Crippen LogP contribution in [0, 0.1) is 25.2 Å². The second-order valence-corrected chi connectivity index (χ2v) is 10.0. The molecule has 36 heavy (non-hydrogen) atoms. The number of hydrogen-bond acceptors (Lipinski definition) is 6. The van der Waals surface area contributed by atoms with Gasteiger partial charge in [-0.25, -0.2) is 9.97 Å². The maximum Gasteiger partial charge on any atom is 0.243 e. The Balaban J connectivity index is 1.43. The van der Waals surface area contributed by atoms with E-state index in [0.717, 1.165) is 57.4 Å². The lowest BCUT2D eigenvalue weighted by molar-refractivity contribution is -0.122. The molecule has 1 unspecified atom stereocenters. The molecule has 7 nitrogen and oxygen atoms in total. The zero-order valence-corrected chi connectivity index (χ0v) is 21.2. The summed E-state index contributed by atoms with van der Waals surface area (Å²) in [5, 5.41) is 13.2. The summed E-state index contributed by atoms with van der Waals surface area (Å²) in [5.74, 6) is -0.597. The number of para-hydroxylation sites is 2. The number of nitrogens with one attached hydrogen (secondary N) is 1. The molecule has 2 aliphatic rings. The van der Waals surface area contributed by atoms with Crippen LogP contribution in [0.3, 0.4) is 0 Å². The number of carbonyl (C=O) groups is 1. The largest absolute Gasteiger partial charge is 0.368 e. The number of fused-ring (bicyclic) bond motifs is 1. The first kappa shape index (κ1) is 24.1. The van der Waals surface area contributed by atoms with Crippen LogP contribution in [0.4, 0.5) is 11.5 Å². The summed E-state index contributed by atoms with van der Waals surface area (Å²) in [6.45, 7) is 7.48. The number of benzene rings is 2. The van der Waals surface area contributed by atoms with Crippen molar-refractivity contribution in [3.05, 3.63) is 59.3 Å². The third-order valence-electron chi connectivity index (χ3n) is 7.69. The predicted octanol–water partition coefficient (Wildman–Crippen LogP) is 4.63. The van der Waals surface area contributed by atoms with E-state index in [1.165, 1.54) is 23.2 Å². The zero-order valence-electron chi connectivity index (χ0n) is 21.2. The second kappa shape index (κ2) is 10.5. The molecular formula is C29H34N6O. The Morgan fingerprint density at radius 1 is 0.944 bits per heavy atom. The van der Waals surface area contributed by atoms with Crippen molar-refractivity contribution < 1.29 is 4.79 Å². The van der Waals surface area contributed by atoms with Gasteiger partial charge in [0.2, 0.25) is 5.91 Å². The monoisotopic (exact) mass is 482 g/mol. The average molecular weight is 483 g/mol. The molecule has 1 atom stereocenters. The summed E-state index contributed by atoms with van der Waals surface area (Å²) in [7, 11) is 0. The van der Waals surface area contributed by atoms with Gasteiger partial charge in [0.1, 0.15) is 5.69 Å².